The van der Waals surface area contributed by atoms with Crippen molar-refractivity contribution in [3.05, 3.63) is 29.3 Å². The quantitative estimate of drug-likeness (QED) is 0.606. The summed E-state index contributed by atoms with van der Waals surface area (Å²) in [5.74, 6) is 2.02. The van der Waals surface area contributed by atoms with E-state index in [0.29, 0.717) is 0 Å². The lowest BCUT2D eigenvalue weighted by molar-refractivity contribution is 0.791. The topological polar surface area (TPSA) is 12.0 Å². The van der Waals surface area contributed by atoms with Crippen LogP contribution in [0.1, 0.15) is 17.5 Å². The number of aryl methyl sites for hydroxylation is 1. The first-order valence-corrected chi connectivity index (χ1v) is 6.58. The maximum absolute atomic E-state index is 4.13. The van der Waals surface area contributed by atoms with Gasteiger partial charge in [-0.1, -0.05) is 12.1 Å². The molecular weight excluding hydrogens is 210 g/mol. The highest BCUT2D eigenvalue weighted by molar-refractivity contribution is 7.99. The number of nitrogens with one attached hydrogen (secondary N) is 1. The molecule has 0 aromatic heterocycles. The van der Waals surface area contributed by atoms with Gasteiger partial charge >= 0.3 is 0 Å². The maximum Gasteiger partial charge on any atom is 0.0390 e. The summed E-state index contributed by atoms with van der Waals surface area (Å²) in [6, 6.07) is 6.81. The highest BCUT2D eigenvalue weighted by Crippen LogP contribution is 2.30. The average Bonchev–Trinajstić information content (AvgIpc) is 2.26. The standard InChI is InChI=1S/C11H15NS2/c13-8-12-7-9-3-4-11-10(6-9)2-1-5-14-11/h3-4,6,12-13H,1-2,5,7-8H2. The Morgan fingerprint density at radius 2 is 2.36 bits per heavy atom. The Bertz CT molecular complexity index is 312. The van der Waals surface area contributed by atoms with Crippen molar-refractivity contribution < 1.29 is 0 Å². The number of hydrogen-bond acceptors (Lipinski definition) is 3. The van der Waals surface area contributed by atoms with E-state index in [0.717, 1.165) is 12.4 Å². The van der Waals surface area contributed by atoms with Gasteiger partial charge < -0.3 is 5.32 Å². The van der Waals surface area contributed by atoms with Gasteiger partial charge in [0, 0.05) is 17.3 Å². The molecule has 1 aliphatic heterocycles. The van der Waals surface area contributed by atoms with Crippen molar-refractivity contribution in [3.8, 4) is 0 Å². The van der Waals surface area contributed by atoms with Crippen LogP contribution in [0.15, 0.2) is 23.1 Å². The largest absolute Gasteiger partial charge is 0.304 e. The van der Waals surface area contributed by atoms with Gasteiger partial charge in [-0.3, -0.25) is 0 Å². The van der Waals surface area contributed by atoms with Crippen molar-refractivity contribution in [2.45, 2.75) is 24.3 Å². The van der Waals surface area contributed by atoms with E-state index in [9.17, 15) is 0 Å². The van der Waals surface area contributed by atoms with Crippen LogP contribution in [-0.4, -0.2) is 11.6 Å². The molecule has 0 amide bonds. The Morgan fingerprint density at radius 1 is 1.43 bits per heavy atom. The van der Waals surface area contributed by atoms with E-state index in [1.807, 2.05) is 11.8 Å². The second-order valence-electron chi connectivity index (χ2n) is 3.48. The Hall–Kier alpha value is -0.120. The summed E-state index contributed by atoms with van der Waals surface area (Å²) in [4.78, 5) is 1.48. The number of fused-ring (bicyclic) bond motifs is 1. The molecule has 0 atom stereocenters. The fraction of sp³-hybridized carbons (Fsp3) is 0.455. The third-order valence-corrected chi connectivity index (χ3v) is 3.84. The Morgan fingerprint density at radius 3 is 3.21 bits per heavy atom. The van der Waals surface area contributed by atoms with Crippen LogP contribution < -0.4 is 5.32 Å². The Labute approximate surface area is 95.1 Å². The second-order valence-corrected chi connectivity index (χ2v) is 4.93. The van der Waals surface area contributed by atoms with Crippen LogP contribution in [-0.2, 0) is 13.0 Å². The summed E-state index contributed by atoms with van der Waals surface area (Å²) in [7, 11) is 0. The molecule has 3 heteroatoms. The van der Waals surface area contributed by atoms with Gasteiger partial charge in [0.05, 0.1) is 0 Å². The van der Waals surface area contributed by atoms with Crippen molar-refractivity contribution in [2.75, 3.05) is 11.6 Å². The van der Waals surface area contributed by atoms with Gasteiger partial charge in [-0.25, -0.2) is 0 Å². The number of benzene rings is 1. The van der Waals surface area contributed by atoms with Gasteiger partial charge in [-0.05, 0) is 35.8 Å². The van der Waals surface area contributed by atoms with Gasteiger partial charge in [-0.2, -0.15) is 12.6 Å². The minimum absolute atomic E-state index is 0.742. The molecule has 0 fully saturated rings. The zero-order chi connectivity index (χ0) is 9.80. The molecule has 1 N–H and O–H groups in total. The molecule has 0 bridgehead atoms. The van der Waals surface area contributed by atoms with Crippen LogP contribution in [0, 0.1) is 0 Å². The van der Waals surface area contributed by atoms with Crippen molar-refractivity contribution in [3.63, 3.8) is 0 Å². The molecule has 0 aliphatic carbocycles. The van der Waals surface area contributed by atoms with Crippen LogP contribution in [0.3, 0.4) is 0 Å². The molecule has 0 radical (unpaired) electrons. The highest BCUT2D eigenvalue weighted by Gasteiger charge is 2.09. The molecule has 0 spiro atoms. The first kappa shape index (κ1) is 10.4. The van der Waals surface area contributed by atoms with Gasteiger partial charge in [-0.15, -0.1) is 11.8 Å². The lowest BCUT2D eigenvalue weighted by Gasteiger charge is -2.16. The molecule has 2 rings (SSSR count). The first-order chi connectivity index (χ1) is 6.90. The minimum atomic E-state index is 0.742. The van der Waals surface area contributed by atoms with E-state index in [-0.39, 0.29) is 0 Å². The normalized spacial score (nSPS) is 15.2. The van der Waals surface area contributed by atoms with Crippen LogP contribution in [0.5, 0.6) is 0 Å². The lowest BCUT2D eigenvalue weighted by atomic mass is 10.1. The highest BCUT2D eigenvalue weighted by atomic mass is 32.2. The third-order valence-electron chi connectivity index (χ3n) is 2.41. The molecular formula is C11H15NS2. The average molecular weight is 225 g/mol. The molecule has 14 heavy (non-hydrogen) atoms. The van der Waals surface area contributed by atoms with Crippen molar-refractivity contribution in [1.29, 1.82) is 0 Å². The summed E-state index contributed by atoms with van der Waals surface area (Å²) in [5.41, 5.74) is 2.90. The zero-order valence-electron chi connectivity index (χ0n) is 8.12. The molecule has 1 aliphatic rings. The predicted molar refractivity (Wildman–Crippen MR) is 66.2 cm³/mol. The van der Waals surface area contributed by atoms with Gasteiger partial charge in [0.1, 0.15) is 0 Å². The molecule has 0 saturated carbocycles. The predicted octanol–water partition coefficient (Wildman–Crippen LogP) is 2.70. The zero-order valence-corrected chi connectivity index (χ0v) is 9.83. The molecule has 0 saturated heterocycles. The maximum atomic E-state index is 4.13. The Balaban J connectivity index is 2.12. The number of hydrogen-bond donors (Lipinski definition) is 2. The van der Waals surface area contributed by atoms with E-state index in [1.54, 1.807) is 0 Å². The fourth-order valence-electron chi connectivity index (χ4n) is 1.72. The molecule has 1 aromatic carbocycles. The summed E-state index contributed by atoms with van der Waals surface area (Å²) in [6.45, 7) is 0.932. The smallest absolute Gasteiger partial charge is 0.0390 e. The van der Waals surface area contributed by atoms with E-state index in [1.165, 1.54) is 34.6 Å². The molecule has 1 aromatic rings. The lowest BCUT2D eigenvalue weighted by Crippen LogP contribution is -2.11. The van der Waals surface area contributed by atoms with Crippen molar-refractivity contribution in [1.82, 2.24) is 5.32 Å². The monoisotopic (exact) mass is 225 g/mol. The van der Waals surface area contributed by atoms with E-state index in [4.69, 9.17) is 0 Å². The van der Waals surface area contributed by atoms with Crippen molar-refractivity contribution >= 4 is 24.4 Å². The summed E-state index contributed by atoms with van der Waals surface area (Å²) in [5, 5.41) is 3.23. The Kier molecular flexibility index (Phi) is 3.79. The van der Waals surface area contributed by atoms with E-state index < -0.39 is 0 Å². The van der Waals surface area contributed by atoms with Crippen LogP contribution in [0.25, 0.3) is 0 Å². The first-order valence-electron chi connectivity index (χ1n) is 4.96. The molecule has 76 valence electrons. The second kappa shape index (κ2) is 5.10. The fourth-order valence-corrected chi connectivity index (χ4v) is 2.85. The van der Waals surface area contributed by atoms with E-state index in [2.05, 4.69) is 36.1 Å². The summed E-state index contributed by atoms with van der Waals surface area (Å²) < 4.78 is 0. The minimum Gasteiger partial charge on any atom is -0.304 e. The molecule has 1 nitrogen and oxygen atoms in total. The number of thioether (sulfide) groups is 1. The summed E-state index contributed by atoms with van der Waals surface area (Å²) >= 11 is 6.12. The van der Waals surface area contributed by atoms with E-state index >= 15 is 0 Å². The van der Waals surface area contributed by atoms with Crippen molar-refractivity contribution in [2.24, 2.45) is 0 Å². The van der Waals surface area contributed by atoms with Gasteiger partial charge in [0.2, 0.25) is 0 Å². The SMILES string of the molecule is SCNCc1ccc2c(c1)CCCS2. The number of thiol groups is 1. The molecule has 0 unspecified atom stereocenters. The van der Waals surface area contributed by atoms with Crippen LogP contribution in [0.4, 0.5) is 0 Å². The van der Waals surface area contributed by atoms with Crippen LogP contribution >= 0.6 is 24.4 Å². The van der Waals surface area contributed by atoms with Gasteiger partial charge in [0.15, 0.2) is 0 Å². The molecule has 1 heterocycles. The number of rotatable bonds is 3. The van der Waals surface area contributed by atoms with Crippen LogP contribution in [0.2, 0.25) is 0 Å². The third kappa shape index (κ3) is 2.47. The summed E-state index contributed by atoms with van der Waals surface area (Å²) in [6.07, 6.45) is 2.57. The van der Waals surface area contributed by atoms with Gasteiger partial charge in [0.25, 0.3) is 0 Å².